The van der Waals surface area contributed by atoms with E-state index in [1.165, 1.54) is 10.9 Å². The van der Waals surface area contributed by atoms with Crippen LogP contribution in [0.2, 0.25) is 0 Å². The molecule has 0 spiro atoms. The number of allylic oxidation sites excluding steroid dienone is 3. The third-order valence-electron chi connectivity index (χ3n) is 2.07. The molecule has 14 heavy (non-hydrogen) atoms. The molecule has 0 aliphatic rings. The van der Waals surface area contributed by atoms with Crippen LogP contribution in [0, 0.1) is 0 Å². The summed E-state index contributed by atoms with van der Waals surface area (Å²) in [7, 11) is 0. The average molecular weight is 187 g/mol. The van der Waals surface area contributed by atoms with Crippen molar-refractivity contribution in [2.75, 3.05) is 0 Å². The van der Waals surface area contributed by atoms with Crippen LogP contribution < -0.4 is 10.6 Å². The minimum atomic E-state index is 1.03. The molecule has 0 bridgehead atoms. The molecule has 1 heteroatoms. The molecule has 74 valence electrons. The molecule has 0 aromatic carbocycles. The Labute approximate surface area is 85.2 Å². The van der Waals surface area contributed by atoms with E-state index in [2.05, 4.69) is 30.6 Å². The van der Waals surface area contributed by atoms with Gasteiger partial charge in [-0.25, -0.2) is 0 Å². The molecule has 0 saturated carbocycles. The molecule has 0 unspecified atom stereocenters. The van der Waals surface area contributed by atoms with Crippen LogP contribution in [0.1, 0.15) is 19.5 Å². The number of aromatic nitrogens is 1. The van der Waals surface area contributed by atoms with Gasteiger partial charge in [-0.05, 0) is 30.7 Å². The molecule has 1 nitrogen and oxygen atoms in total. The number of rotatable bonds is 3. The second-order valence-electron chi connectivity index (χ2n) is 3.11. The van der Waals surface area contributed by atoms with Crippen molar-refractivity contribution in [2.45, 2.75) is 20.3 Å². The Balaban J connectivity index is 3.33. The van der Waals surface area contributed by atoms with Crippen molar-refractivity contribution in [3.63, 3.8) is 0 Å². The summed E-state index contributed by atoms with van der Waals surface area (Å²) >= 11 is 0. The van der Waals surface area contributed by atoms with Crippen LogP contribution in [0.5, 0.6) is 0 Å². The summed E-state index contributed by atoms with van der Waals surface area (Å²) in [6.07, 6.45) is 11.0. The third kappa shape index (κ3) is 2.49. The van der Waals surface area contributed by atoms with Gasteiger partial charge in [0.1, 0.15) is 0 Å². The Bertz CT molecular complexity index is 432. The van der Waals surface area contributed by atoms with Crippen LogP contribution >= 0.6 is 0 Å². The highest BCUT2D eigenvalue weighted by Gasteiger charge is 1.91. The van der Waals surface area contributed by atoms with E-state index in [-0.39, 0.29) is 0 Å². The van der Waals surface area contributed by atoms with E-state index in [0.717, 1.165) is 11.8 Å². The molecule has 1 aromatic heterocycles. The lowest BCUT2D eigenvalue weighted by Gasteiger charge is -1.83. The van der Waals surface area contributed by atoms with Crippen LogP contribution in [0.3, 0.4) is 0 Å². The molecule has 0 amide bonds. The largest absolute Gasteiger partial charge is 0.358 e. The first kappa shape index (κ1) is 10.6. The molecule has 0 fully saturated rings. The normalized spacial score (nSPS) is 14.1. The van der Waals surface area contributed by atoms with Gasteiger partial charge in [0, 0.05) is 11.0 Å². The first-order chi connectivity index (χ1) is 6.81. The summed E-state index contributed by atoms with van der Waals surface area (Å²) in [5.41, 5.74) is 1.26. The predicted molar refractivity (Wildman–Crippen MR) is 63.4 cm³/mol. The van der Waals surface area contributed by atoms with Gasteiger partial charge in [0.25, 0.3) is 0 Å². The van der Waals surface area contributed by atoms with Gasteiger partial charge in [0.2, 0.25) is 0 Å². The van der Waals surface area contributed by atoms with Gasteiger partial charge in [-0.1, -0.05) is 37.8 Å². The fourth-order valence-electron chi connectivity index (χ4n) is 1.33. The number of aromatic amines is 1. The fraction of sp³-hybridized carbons (Fsp3) is 0.231. The second kappa shape index (κ2) is 5.28. The van der Waals surface area contributed by atoms with E-state index in [9.17, 15) is 0 Å². The molecule has 0 saturated heterocycles. The molecular weight excluding hydrogens is 170 g/mol. The fourth-order valence-corrected chi connectivity index (χ4v) is 1.33. The number of H-pyrrole nitrogens is 1. The Hall–Kier alpha value is -1.50. The lowest BCUT2D eigenvalue weighted by atomic mass is 10.3. The van der Waals surface area contributed by atoms with Crippen LogP contribution in [0.4, 0.5) is 0 Å². The van der Waals surface area contributed by atoms with E-state index in [0.29, 0.717) is 0 Å². The van der Waals surface area contributed by atoms with Crippen LogP contribution in [-0.2, 0) is 6.42 Å². The van der Waals surface area contributed by atoms with Crippen molar-refractivity contribution >= 4 is 12.2 Å². The summed E-state index contributed by atoms with van der Waals surface area (Å²) < 4.78 is 0. The molecule has 0 aliphatic heterocycles. The maximum atomic E-state index is 3.70. The van der Waals surface area contributed by atoms with Gasteiger partial charge < -0.3 is 4.98 Å². The van der Waals surface area contributed by atoms with Gasteiger partial charge >= 0.3 is 0 Å². The van der Waals surface area contributed by atoms with Crippen molar-refractivity contribution in [3.8, 4) is 0 Å². The zero-order chi connectivity index (χ0) is 10.4. The Morgan fingerprint density at radius 2 is 2.21 bits per heavy atom. The highest BCUT2D eigenvalue weighted by atomic mass is 14.7. The first-order valence-corrected chi connectivity index (χ1v) is 4.95. The second-order valence-corrected chi connectivity index (χ2v) is 3.11. The van der Waals surface area contributed by atoms with Gasteiger partial charge in [0.15, 0.2) is 0 Å². The summed E-state index contributed by atoms with van der Waals surface area (Å²) in [5.74, 6) is 0. The van der Waals surface area contributed by atoms with Crippen molar-refractivity contribution in [2.24, 2.45) is 0 Å². The highest BCUT2D eigenvalue weighted by molar-refractivity contribution is 5.42. The standard InChI is InChI=1S/C13H17N/c1-4-7-9-11-10-12(6-3)14-13(11)8-5-2/h4-5,7-10,14H,2,6H2,1,3H3/b7-4-,11-9-,13-8+. The highest BCUT2D eigenvalue weighted by Crippen LogP contribution is 1.87. The Morgan fingerprint density at radius 3 is 2.79 bits per heavy atom. The number of hydrogen-bond donors (Lipinski definition) is 1. The quantitative estimate of drug-likeness (QED) is 0.744. The smallest absolute Gasteiger partial charge is 0.0455 e. The monoisotopic (exact) mass is 187 g/mol. The summed E-state index contributed by atoms with van der Waals surface area (Å²) in [6, 6.07) is 2.18. The molecule has 1 N–H and O–H groups in total. The lowest BCUT2D eigenvalue weighted by Crippen LogP contribution is -2.21. The van der Waals surface area contributed by atoms with Crippen LogP contribution in [0.25, 0.3) is 12.2 Å². The maximum absolute atomic E-state index is 3.70. The van der Waals surface area contributed by atoms with Crippen molar-refractivity contribution in [1.29, 1.82) is 0 Å². The van der Waals surface area contributed by atoms with Crippen LogP contribution in [0.15, 0.2) is 30.9 Å². The number of nitrogens with one attached hydrogen (secondary N) is 1. The minimum Gasteiger partial charge on any atom is -0.358 e. The van der Waals surface area contributed by atoms with Crippen molar-refractivity contribution in [3.05, 3.63) is 47.1 Å². The average Bonchev–Trinajstić information content (AvgIpc) is 2.58. The van der Waals surface area contributed by atoms with E-state index < -0.39 is 0 Å². The van der Waals surface area contributed by atoms with Gasteiger partial charge in [0.05, 0.1) is 0 Å². The van der Waals surface area contributed by atoms with Crippen molar-refractivity contribution < 1.29 is 0 Å². The minimum absolute atomic E-state index is 1.03. The number of aryl methyl sites for hydroxylation is 1. The number of hydrogen-bond acceptors (Lipinski definition) is 0. The van der Waals surface area contributed by atoms with Gasteiger partial charge in [-0.3, -0.25) is 0 Å². The first-order valence-electron chi connectivity index (χ1n) is 4.95. The zero-order valence-corrected chi connectivity index (χ0v) is 8.88. The van der Waals surface area contributed by atoms with Crippen molar-refractivity contribution in [1.82, 2.24) is 4.98 Å². The summed E-state index contributed by atoms with van der Waals surface area (Å²) in [4.78, 5) is 3.35. The van der Waals surface area contributed by atoms with E-state index in [4.69, 9.17) is 0 Å². The maximum Gasteiger partial charge on any atom is 0.0455 e. The van der Waals surface area contributed by atoms with Gasteiger partial charge in [-0.15, -0.1) is 0 Å². The molecule has 0 atom stereocenters. The summed E-state index contributed by atoms with van der Waals surface area (Å²) in [5, 5.41) is 2.36. The molecule has 0 radical (unpaired) electrons. The summed E-state index contributed by atoms with van der Waals surface area (Å²) in [6.45, 7) is 7.86. The molecular formula is C13H17N. The van der Waals surface area contributed by atoms with Crippen LogP contribution in [-0.4, -0.2) is 4.98 Å². The predicted octanol–water partition coefficient (Wildman–Crippen LogP) is 1.90. The Morgan fingerprint density at radius 1 is 1.43 bits per heavy atom. The van der Waals surface area contributed by atoms with Gasteiger partial charge in [-0.2, -0.15) is 0 Å². The SMILES string of the molecule is C=C/C=c1/[nH]c(CC)c/c1=C/C=C\C. The van der Waals surface area contributed by atoms with E-state index in [1.807, 2.05) is 25.2 Å². The lowest BCUT2D eigenvalue weighted by molar-refractivity contribution is 1.05. The Kier molecular flexibility index (Phi) is 3.99. The molecule has 1 heterocycles. The molecule has 1 rings (SSSR count). The topological polar surface area (TPSA) is 15.8 Å². The zero-order valence-electron chi connectivity index (χ0n) is 8.88. The molecule has 1 aromatic rings. The van der Waals surface area contributed by atoms with E-state index >= 15 is 0 Å². The third-order valence-corrected chi connectivity index (χ3v) is 2.07. The van der Waals surface area contributed by atoms with E-state index in [1.54, 1.807) is 6.08 Å². The molecule has 0 aliphatic carbocycles.